The van der Waals surface area contributed by atoms with Crippen LogP contribution in [0.25, 0.3) is 0 Å². The monoisotopic (exact) mass is 233 g/mol. The first-order chi connectivity index (χ1) is 6.79. The Kier molecular flexibility index (Phi) is 4.05. The number of aliphatic hydroxyl groups is 1. The molecule has 0 aromatic heterocycles. The van der Waals surface area contributed by atoms with Gasteiger partial charge in [-0.05, 0) is 44.4 Å². The molecule has 0 saturated carbocycles. The van der Waals surface area contributed by atoms with E-state index < -0.39 is 0 Å². The zero-order valence-electron chi connectivity index (χ0n) is 8.69. The van der Waals surface area contributed by atoms with Gasteiger partial charge >= 0.3 is 0 Å². The van der Waals surface area contributed by atoms with Gasteiger partial charge in [0.15, 0.2) is 0 Å². The molecule has 0 unspecified atom stereocenters. The molecule has 0 spiro atoms. The summed E-state index contributed by atoms with van der Waals surface area (Å²) in [7, 11) is 2.14. The maximum atomic E-state index is 10.3. The Labute approximate surface area is 94.8 Å². The minimum atomic E-state index is -0.127. The van der Waals surface area contributed by atoms with E-state index in [-0.39, 0.29) is 6.10 Å². The van der Waals surface area contributed by atoms with Gasteiger partial charge in [0.25, 0.3) is 0 Å². The van der Waals surface area contributed by atoms with Crippen molar-refractivity contribution in [2.45, 2.75) is 36.0 Å². The van der Waals surface area contributed by atoms with Gasteiger partial charge in [-0.1, -0.05) is 0 Å². The molecule has 2 aliphatic rings. The van der Waals surface area contributed by atoms with E-state index >= 15 is 0 Å². The van der Waals surface area contributed by atoms with Crippen LogP contribution in [0.15, 0.2) is 0 Å². The molecule has 0 aromatic rings. The summed E-state index contributed by atoms with van der Waals surface area (Å²) in [5, 5.41) is 10.3. The molecule has 2 saturated heterocycles. The van der Waals surface area contributed by atoms with Crippen molar-refractivity contribution in [1.82, 2.24) is 4.90 Å². The summed E-state index contributed by atoms with van der Waals surface area (Å²) in [5.74, 6) is 2.45. The van der Waals surface area contributed by atoms with Gasteiger partial charge in [-0.25, -0.2) is 0 Å². The van der Waals surface area contributed by atoms with Crippen LogP contribution in [0.1, 0.15) is 19.3 Å². The van der Waals surface area contributed by atoms with E-state index in [4.69, 9.17) is 0 Å². The van der Waals surface area contributed by atoms with Crippen LogP contribution in [0.5, 0.6) is 0 Å². The number of hydrogen-bond acceptors (Lipinski definition) is 4. The van der Waals surface area contributed by atoms with Crippen molar-refractivity contribution >= 4 is 23.5 Å². The number of thioether (sulfide) groups is 2. The minimum absolute atomic E-state index is 0.127. The first-order valence-electron chi connectivity index (χ1n) is 5.40. The van der Waals surface area contributed by atoms with Crippen molar-refractivity contribution < 1.29 is 5.11 Å². The number of aliphatic hydroxyl groups excluding tert-OH is 1. The molecule has 0 aromatic carbocycles. The standard InChI is InChI=1S/C10H19NOS2/c1-11-5-2-4-8(11)9(12)10-13-6-3-7-14-10/h8-10,12H,2-7H2,1H3/t8-,9-/m1/s1. The van der Waals surface area contributed by atoms with Crippen molar-refractivity contribution in [3.8, 4) is 0 Å². The minimum Gasteiger partial charge on any atom is -0.389 e. The predicted octanol–water partition coefficient (Wildman–Crippen LogP) is 1.64. The smallest absolute Gasteiger partial charge is 0.0904 e. The largest absolute Gasteiger partial charge is 0.389 e. The van der Waals surface area contributed by atoms with Gasteiger partial charge in [0.05, 0.1) is 10.7 Å². The van der Waals surface area contributed by atoms with Crippen LogP contribution in [0.2, 0.25) is 0 Å². The maximum absolute atomic E-state index is 10.3. The molecule has 2 atom stereocenters. The van der Waals surface area contributed by atoms with Crippen LogP contribution in [-0.2, 0) is 0 Å². The van der Waals surface area contributed by atoms with Gasteiger partial charge < -0.3 is 10.0 Å². The number of likely N-dealkylation sites (N-methyl/N-ethyl adjacent to an activating group) is 1. The second-order valence-corrected chi connectivity index (χ2v) is 6.94. The first-order valence-corrected chi connectivity index (χ1v) is 7.50. The number of hydrogen-bond donors (Lipinski definition) is 1. The average Bonchev–Trinajstić information content (AvgIpc) is 2.65. The summed E-state index contributed by atoms with van der Waals surface area (Å²) in [6.45, 7) is 1.16. The molecule has 4 heteroatoms. The Morgan fingerprint density at radius 2 is 2.00 bits per heavy atom. The second-order valence-electron chi connectivity index (χ2n) is 4.14. The molecule has 2 nitrogen and oxygen atoms in total. The third-order valence-corrected chi connectivity index (χ3v) is 6.18. The molecular formula is C10H19NOS2. The molecule has 14 heavy (non-hydrogen) atoms. The Balaban J connectivity index is 1.89. The lowest BCUT2D eigenvalue weighted by Gasteiger charge is -2.32. The van der Waals surface area contributed by atoms with Crippen molar-refractivity contribution in [2.24, 2.45) is 0 Å². The molecular weight excluding hydrogens is 214 g/mol. The Morgan fingerprint density at radius 3 is 2.57 bits per heavy atom. The Morgan fingerprint density at radius 1 is 1.29 bits per heavy atom. The maximum Gasteiger partial charge on any atom is 0.0904 e. The van der Waals surface area contributed by atoms with Gasteiger partial charge in [-0.3, -0.25) is 0 Å². The van der Waals surface area contributed by atoms with E-state index in [1.807, 2.05) is 23.5 Å². The van der Waals surface area contributed by atoms with Crippen molar-refractivity contribution in [2.75, 3.05) is 25.1 Å². The van der Waals surface area contributed by atoms with Crippen molar-refractivity contribution in [3.05, 3.63) is 0 Å². The Bertz CT molecular complexity index is 185. The van der Waals surface area contributed by atoms with Crippen molar-refractivity contribution in [3.63, 3.8) is 0 Å². The van der Waals surface area contributed by atoms with Gasteiger partial charge in [0.1, 0.15) is 0 Å². The summed E-state index contributed by atoms with van der Waals surface area (Å²) in [4.78, 5) is 2.32. The van der Waals surface area contributed by atoms with Gasteiger partial charge in [-0.15, -0.1) is 23.5 Å². The highest BCUT2D eigenvalue weighted by Gasteiger charge is 2.34. The summed E-state index contributed by atoms with van der Waals surface area (Å²) in [5.41, 5.74) is 0. The molecule has 0 bridgehead atoms. The predicted molar refractivity (Wildman–Crippen MR) is 65.0 cm³/mol. The van der Waals surface area contributed by atoms with Gasteiger partial charge in [-0.2, -0.15) is 0 Å². The first kappa shape index (κ1) is 11.1. The average molecular weight is 233 g/mol. The van der Waals surface area contributed by atoms with Gasteiger partial charge in [0, 0.05) is 6.04 Å². The molecule has 82 valence electrons. The zero-order valence-corrected chi connectivity index (χ0v) is 10.3. The molecule has 2 aliphatic heterocycles. The fraction of sp³-hybridized carbons (Fsp3) is 1.00. The third kappa shape index (κ3) is 2.40. The highest BCUT2D eigenvalue weighted by molar-refractivity contribution is 8.17. The third-order valence-electron chi connectivity index (χ3n) is 3.10. The quantitative estimate of drug-likeness (QED) is 0.783. The fourth-order valence-electron chi connectivity index (χ4n) is 2.25. The molecule has 1 N–H and O–H groups in total. The fourth-order valence-corrected chi connectivity index (χ4v) is 5.24. The molecule has 2 rings (SSSR count). The van der Waals surface area contributed by atoms with E-state index in [0.717, 1.165) is 6.54 Å². The summed E-state index contributed by atoms with van der Waals surface area (Å²) >= 11 is 3.89. The summed E-state index contributed by atoms with van der Waals surface area (Å²) < 4.78 is 0.425. The lowest BCUT2D eigenvalue weighted by atomic mass is 10.1. The van der Waals surface area contributed by atoms with E-state index in [0.29, 0.717) is 10.6 Å². The van der Waals surface area contributed by atoms with Crippen LogP contribution >= 0.6 is 23.5 Å². The van der Waals surface area contributed by atoms with Gasteiger partial charge in [0.2, 0.25) is 0 Å². The summed E-state index contributed by atoms with van der Waals surface area (Å²) in [6, 6.07) is 0.415. The second kappa shape index (κ2) is 5.10. The van der Waals surface area contributed by atoms with Crippen LogP contribution in [0.4, 0.5) is 0 Å². The lowest BCUT2D eigenvalue weighted by Crippen LogP contribution is -2.42. The van der Waals surface area contributed by atoms with E-state index in [1.54, 1.807) is 0 Å². The number of nitrogens with zero attached hydrogens (tertiary/aromatic N) is 1. The van der Waals surface area contributed by atoms with Crippen LogP contribution in [-0.4, -0.2) is 51.8 Å². The lowest BCUT2D eigenvalue weighted by molar-refractivity contribution is 0.0986. The zero-order chi connectivity index (χ0) is 9.97. The van der Waals surface area contributed by atoms with Crippen molar-refractivity contribution in [1.29, 1.82) is 0 Å². The topological polar surface area (TPSA) is 23.5 Å². The Hall–Kier alpha value is 0.620. The molecule has 0 radical (unpaired) electrons. The molecule has 0 aliphatic carbocycles. The molecule has 2 heterocycles. The normalized spacial score (nSPS) is 33.4. The molecule has 2 fully saturated rings. The number of likely N-dealkylation sites (tertiary alicyclic amines) is 1. The molecule has 0 amide bonds. The number of rotatable bonds is 2. The van der Waals surface area contributed by atoms with Crippen LogP contribution in [0, 0.1) is 0 Å². The SMILES string of the molecule is CN1CCC[C@@H]1[C@@H](O)C1SCCCS1. The highest BCUT2D eigenvalue weighted by atomic mass is 32.2. The summed E-state index contributed by atoms with van der Waals surface area (Å²) in [6.07, 6.45) is 3.60. The highest BCUT2D eigenvalue weighted by Crippen LogP contribution is 2.36. The van der Waals surface area contributed by atoms with E-state index in [1.165, 1.54) is 30.8 Å². The van der Waals surface area contributed by atoms with E-state index in [2.05, 4.69) is 11.9 Å². The van der Waals surface area contributed by atoms with Crippen LogP contribution < -0.4 is 0 Å². The van der Waals surface area contributed by atoms with E-state index in [9.17, 15) is 5.11 Å². The van der Waals surface area contributed by atoms with Crippen LogP contribution in [0.3, 0.4) is 0 Å².